The molecule has 1 nitrogen and oxygen atoms in total. The van der Waals surface area contributed by atoms with Gasteiger partial charge in [-0.1, -0.05) is 34.1 Å². The average Bonchev–Trinajstić information content (AvgIpc) is 2.50. The van der Waals surface area contributed by atoms with Gasteiger partial charge in [-0.25, -0.2) is 8.78 Å². The van der Waals surface area contributed by atoms with Crippen molar-refractivity contribution in [2.45, 2.75) is 12.3 Å². The molecule has 1 fully saturated rings. The summed E-state index contributed by atoms with van der Waals surface area (Å²) >= 11 is 3.38. The van der Waals surface area contributed by atoms with E-state index in [4.69, 9.17) is 0 Å². The first-order valence-electron chi connectivity index (χ1n) is 4.91. The Morgan fingerprint density at radius 3 is 2.73 bits per heavy atom. The molecular formula is C11H12BrF2N. The lowest BCUT2D eigenvalue weighted by atomic mass is 9.96. The topological polar surface area (TPSA) is 12.0 Å². The summed E-state index contributed by atoms with van der Waals surface area (Å²) in [6.07, 6.45) is 0.418. The Morgan fingerprint density at radius 2 is 2.13 bits per heavy atom. The first-order valence-corrected chi connectivity index (χ1v) is 5.71. The summed E-state index contributed by atoms with van der Waals surface area (Å²) in [6.45, 7) is 0.205. The van der Waals surface area contributed by atoms with E-state index in [0.717, 1.165) is 10.0 Å². The number of nitrogens with one attached hydrogen (secondary N) is 1. The molecule has 1 unspecified atom stereocenters. The van der Waals surface area contributed by atoms with Gasteiger partial charge in [-0.15, -0.1) is 0 Å². The SMILES string of the molecule is FC1(F)CNCC1Cc1ccccc1Br. The van der Waals surface area contributed by atoms with Gasteiger partial charge in [0.05, 0.1) is 6.54 Å². The monoisotopic (exact) mass is 275 g/mol. The van der Waals surface area contributed by atoms with E-state index in [9.17, 15) is 8.78 Å². The average molecular weight is 276 g/mol. The second-order valence-electron chi connectivity index (χ2n) is 3.88. The first-order chi connectivity index (χ1) is 7.09. The Bertz CT molecular complexity index is 354. The molecule has 1 atom stereocenters. The standard InChI is InChI=1S/C11H12BrF2N/c12-10-4-2-1-3-8(10)5-9-6-15-7-11(9,13)14/h1-4,9,15H,5-7H2. The molecule has 1 saturated heterocycles. The minimum Gasteiger partial charge on any atom is -0.311 e. The molecule has 1 aliphatic rings. The van der Waals surface area contributed by atoms with Crippen LogP contribution in [0.3, 0.4) is 0 Å². The zero-order chi connectivity index (χ0) is 10.9. The molecule has 4 heteroatoms. The summed E-state index contributed by atoms with van der Waals surface area (Å²) in [5.74, 6) is -3.16. The number of rotatable bonds is 2. The molecule has 0 aromatic heterocycles. The van der Waals surface area contributed by atoms with Crippen LogP contribution in [0.1, 0.15) is 5.56 Å². The maximum atomic E-state index is 13.3. The summed E-state index contributed by atoms with van der Waals surface area (Å²) in [7, 11) is 0. The fourth-order valence-electron chi connectivity index (χ4n) is 1.86. The van der Waals surface area contributed by atoms with Crippen LogP contribution >= 0.6 is 15.9 Å². The van der Waals surface area contributed by atoms with Gasteiger partial charge in [-0.3, -0.25) is 0 Å². The number of benzene rings is 1. The van der Waals surface area contributed by atoms with Crippen LogP contribution in [0.15, 0.2) is 28.7 Å². The molecule has 15 heavy (non-hydrogen) atoms. The van der Waals surface area contributed by atoms with Crippen molar-refractivity contribution >= 4 is 15.9 Å². The van der Waals surface area contributed by atoms with Crippen molar-refractivity contribution < 1.29 is 8.78 Å². The summed E-state index contributed by atoms with van der Waals surface area (Å²) in [6, 6.07) is 7.54. The maximum Gasteiger partial charge on any atom is 0.264 e. The lowest BCUT2D eigenvalue weighted by Gasteiger charge is -2.18. The first kappa shape index (κ1) is 11.0. The molecule has 0 spiro atoms. The molecule has 0 radical (unpaired) electrons. The van der Waals surface area contributed by atoms with E-state index in [1.54, 1.807) is 0 Å². The van der Waals surface area contributed by atoms with Gasteiger partial charge in [0.15, 0.2) is 0 Å². The number of alkyl halides is 2. The van der Waals surface area contributed by atoms with Gasteiger partial charge in [0.2, 0.25) is 0 Å². The van der Waals surface area contributed by atoms with Gasteiger partial charge >= 0.3 is 0 Å². The third kappa shape index (κ3) is 2.37. The third-order valence-electron chi connectivity index (χ3n) is 2.77. The van der Waals surface area contributed by atoms with Crippen LogP contribution in [0.4, 0.5) is 8.78 Å². The summed E-state index contributed by atoms with van der Waals surface area (Å²) in [4.78, 5) is 0. The molecule has 1 aliphatic heterocycles. The molecule has 0 amide bonds. The molecule has 1 aromatic rings. The number of halogens is 3. The minimum absolute atomic E-state index is 0.192. The van der Waals surface area contributed by atoms with Crippen LogP contribution in [0.5, 0.6) is 0 Å². The van der Waals surface area contributed by atoms with Gasteiger partial charge in [-0.2, -0.15) is 0 Å². The predicted octanol–water partition coefficient (Wildman–Crippen LogP) is 2.85. The van der Waals surface area contributed by atoms with Crippen LogP contribution < -0.4 is 5.32 Å². The van der Waals surface area contributed by atoms with E-state index in [2.05, 4.69) is 21.2 Å². The smallest absolute Gasteiger partial charge is 0.264 e. The Kier molecular flexibility index (Phi) is 3.07. The summed E-state index contributed by atoms with van der Waals surface area (Å²) in [5.41, 5.74) is 0.950. The van der Waals surface area contributed by atoms with Crippen LogP contribution in [0, 0.1) is 5.92 Å². The largest absolute Gasteiger partial charge is 0.311 e. The Morgan fingerprint density at radius 1 is 1.40 bits per heavy atom. The highest BCUT2D eigenvalue weighted by atomic mass is 79.9. The van der Waals surface area contributed by atoms with Crippen molar-refractivity contribution in [1.82, 2.24) is 5.32 Å². The third-order valence-corrected chi connectivity index (χ3v) is 3.55. The van der Waals surface area contributed by atoms with Crippen molar-refractivity contribution in [3.8, 4) is 0 Å². The molecular weight excluding hydrogens is 264 g/mol. The van der Waals surface area contributed by atoms with Gasteiger partial charge in [-0.05, 0) is 18.1 Å². The highest BCUT2D eigenvalue weighted by molar-refractivity contribution is 9.10. The highest BCUT2D eigenvalue weighted by Crippen LogP contribution is 2.32. The van der Waals surface area contributed by atoms with Gasteiger partial charge in [0, 0.05) is 16.9 Å². The molecule has 82 valence electrons. The van der Waals surface area contributed by atoms with E-state index in [0.29, 0.717) is 13.0 Å². The fourth-order valence-corrected chi connectivity index (χ4v) is 2.30. The zero-order valence-electron chi connectivity index (χ0n) is 8.14. The molecule has 0 bridgehead atoms. The molecule has 1 N–H and O–H groups in total. The second-order valence-corrected chi connectivity index (χ2v) is 4.74. The van der Waals surface area contributed by atoms with Crippen LogP contribution in [-0.4, -0.2) is 19.0 Å². The lowest BCUT2D eigenvalue weighted by molar-refractivity contribution is -0.0213. The van der Waals surface area contributed by atoms with Crippen LogP contribution in [0.2, 0.25) is 0 Å². The van der Waals surface area contributed by atoms with Crippen molar-refractivity contribution in [2.75, 3.05) is 13.1 Å². The normalized spacial score (nSPS) is 24.3. The quantitative estimate of drug-likeness (QED) is 0.875. The van der Waals surface area contributed by atoms with E-state index in [1.165, 1.54) is 0 Å². The van der Waals surface area contributed by atoms with E-state index >= 15 is 0 Å². The van der Waals surface area contributed by atoms with Crippen molar-refractivity contribution in [1.29, 1.82) is 0 Å². The minimum atomic E-state index is -2.57. The molecule has 2 rings (SSSR count). The van der Waals surface area contributed by atoms with Crippen LogP contribution in [0.25, 0.3) is 0 Å². The van der Waals surface area contributed by atoms with Gasteiger partial charge < -0.3 is 5.32 Å². The van der Waals surface area contributed by atoms with Gasteiger partial charge in [0.1, 0.15) is 0 Å². The molecule has 1 heterocycles. The van der Waals surface area contributed by atoms with Crippen LogP contribution in [-0.2, 0) is 6.42 Å². The molecule has 0 saturated carbocycles. The maximum absolute atomic E-state index is 13.3. The van der Waals surface area contributed by atoms with Crippen molar-refractivity contribution in [2.24, 2.45) is 5.92 Å². The van der Waals surface area contributed by atoms with Crippen molar-refractivity contribution in [3.05, 3.63) is 34.3 Å². The number of hydrogen-bond donors (Lipinski definition) is 1. The predicted molar refractivity (Wildman–Crippen MR) is 59.2 cm³/mol. The lowest BCUT2D eigenvalue weighted by Crippen LogP contribution is -2.28. The highest BCUT2D eigenvalue weighted by Gasteiger charge is 2.43. The summed E-state index contributed by atoms with van der Waals surface area (Å²) < 4.78 is 27.6. The van der Waals surface area contributed by atoms with E-state index in [1.807, 2.05) is 24.3 Å². The van der Waals surface area contributed by atoms with E-state index < -0.39 is 11.8 Å². The Labute approximate surface area is 96.0 Å². The summed E-state index contributed by atoms with van der Waals surface area (Å²) in [5, 5.41) is 2.74. The second kappa shape index (κ2) is 4.18. The van der Waals surface area contributed by atoms with Gasteiger partial charge in [0.25, 0.3) is 5.92 Å². The Balaban J connectivity index is 2.12. The molecule has 1 aromatic carbocycles. The van der Waals surface area contributed by atoms with E-state index in [-0.39, 0.29) is 6.54 Å². The molecule has 0 aliphatic carbocycles. The van der Waals surface area contributed by atoms with Crippen molar-refractivity contribution in [3.63, 3.8) is 0 Å². The fraction of sp³-hybridized carbons (Fsp3) is 0.455. The Hall–Kier alpha value is -0.480. The number of hydrogen-bond acceptors (Lipinski definition) is 1. The zero-order valence-corrected chi connectivity index (χ0v) is 9.73.